The summed E-state index contributed by atoms with van der Waals surface area (Å²) >= 11 is 6.14. The van der Waals surface area contributed by atoms with Crippen molar-refractivity contribution in [1.82, 2.24) is 5.32 Å². The summed E-state index contributed by atoms with van der Waals surface area (Å²) in [5, 5.41) is 3.49. The zero-order valence-corrected chi connectivity index (χ0v) is 19.6. The van der Waals surface area contributed by atoms with Crippen molar-refractivity contribution in [2.75, 3.05) is 13.1 Å². The van der Waals surface area contributed by atoms with Crippen molar-refractivity contribution in [3.63, 3.8) is 0 Å². The molecule has 1 amide bonds. The molecule has 33 heavy (non-hydrogen) atoms. The van der Waals surface area contributed by atoms with E-state index in [2.05, 4.69) is 10.3 Å². The van der Waals surface area contributed by atoms with Crippen molar-refractivity contribution >= 4 is 34.8 Å². The minimum Gasteiger partial charge on any atom is -0.351 e. The number of halogens is 1. The molecule has 2 unspecified atom stereocenters. The fourth-order valence-electron chi connectivity index (χ4n) is 4.77. The van der Waals surface area contributed by atoms with Crippen molar-refractivity contribution in [3.05, 3.63) is 70.3 Å². The first-order valence-electron chi connectivity index (χ1n) is 11.3. The SMILES string of the molecule is Cc1cc(-c2cccc(Cl)c2)cc(C)c1C1C(=O)CC(CCNC(=O)C2=NCCC=C2)C1=O. The second-order valence-electron chi connectivity index (χ2n) is 8.74. The third kappa shape index (κ3) is 4.98. The predicted molar refractivity (Wildman–Crippen MR) is 131 cm³/mol. The van der Waals surface area contributed by atoms with Crippen LogP contribution in [0, 0.1) is 19.8 Å². The summed E-state index contributed by atoms with van der Waals surface area (Å²) in [6.07, 6.45) is 5.15. The van der Waals surface area contributed by atoms with Gasteiger partial charge in [0, 0.05) is 30.5 Å². The third-order valence-electron chi connectivity index (χ3n) is 6.36. The van der Waals surface area contributed by atoms with Crippen LogP contribution in [0.3, 0.4) is 0 Å². The summed E-state index contributed by atoms with van der Waals surface area (Å²) in [5.74, 6) is -1.44. The lowest BCUT2D eigenvalue weighted by molar-refractivity contribution is -0.125. The number of carbonyl (C=O) groups is 3. The van der Waals surface area contributed by atoms with E-state index in [1.54, 1.807) is 6.08 Å². The lowest BCUT2D eigenvalue weighted by Crippen LogP contribution is -2.33. The fourth-order valence-corrected chi connectivity index (χ4v) is 4.96. The number of nitrogens with zero attached hydrogens (tertiary/aromatic N) is 1. The number of aliphatic imine (C=N–C) groups is 1. The number of hydrogen-bond donors (Lipinski definition) is 1. The topological polar surface area (TPSA) is 75.6 Å². The summed E-state index contributed by atoms with van der Waals surface area (Å²) in [6.45, 7) is 4.85. The van der Waals surface area contributed by atoms with E-state index >= 15 is 0 Å². The quantitative estimate of drug-likeness (QED) is 0.628. The standard InChI is InChI=1S/C27H27ClN2O3/c1-16-12-20(18-6-5-7-21(28)14-18)13-17(2)24(16)25-23(31)15-19(26(25)32)9-11-30-27(33)22-8-3-4-10-29-22/h3,5-8,12-14,19,25H,4,9-11,15H2,1-2H3,(H,30,33). The van der Waals surface area contributed by atoms with Gasteiger partial charge in [-0.15, -0.1) is 0 Å². The van der Waals surface area contributed by atoms with Crippen molar-refractivity contribution in [3.8, 4) is 11.1 Å². The van der Waals surface area contributed by atoms with E-state index in [1.807, 2.05) is 56.3 Å². The molecule has 2 aliphatic rings. The van der Waals surface area contributed by atoms with Gasteiger partial charge < -0.3 is 5.32 Å². The highest BCUT2D eigenvalue weighted by Gasteiger charge is 2.42. The average Bonchev–Trinajstić information content (AvgIpc) is 3.07. The molecule has 0 bridgehead atoms. The molecule has 6 heteroatoms. The molecule has 2 atom stereocenters. The zero-order chi connectivity index (χ0) is 23.5. The highest BCUT2D eigenvalue weighted by molar-refractivity contribution is 6.43. The Bertz CT molecular complexity index is 1160. The van der Waals surface area contributed by atoms with Crippen LogP contribution in [-0.2, 0) is 14.4 Å². The molecule has 170 valence electrons. The number of carbonyl (C=O) groups excluding carboxylic acids is 3. The van der Waals surface area contributed by atoms with Crippen LogP contribution in [0.15, 0.2) is 53.5 Å². The van der Waals surface area contributed by atoms with E-state index in [9.17, 15) is 14.4 Å². The molecular formula is C27H27ClN2O3. The second kappa shape index (κ2) is 9.84. The van der Waals surface area contributed by atoms with Gasteiger partial charge in [0.05, 0.1) is 0 Å². The molecule has 0 saturated heterocycles. The Morgan fingerprint density at radius 3 is 2.55 bits per heavy atom. The number of aryl methyl sites for hydroxylation is 2. The van der Waals surface area contributed by atoms with Gasteiger partial charge in [0.1, 0.15) is 17.4 Å². The molecular weight excluding hydrogens is 436 g/mol. The molecule has 1 aliphatic heterocycles. The van der Waals surface area contributed by atoms with E-state index in [0.717, 1.165) is 34.2 Å². The molecule has 5 nitrogen and oxygen atoms in total. The molecule has 1 fully saturated rings. The van der Waals surface area contributed by atoms with Crippen LogP contribution in [-0.4, -0.2) is 36.3 Å². The molecule has 1 aliphatic carbocycles. The third-order valence-corrected chi connectivity index (χ3v) is 6.60. The number of nitrogens with one attached hydrogen (secondary N) is 1. The van der Waals surface area contributed by atoms with E-state index in [4.69, 9.17) is 11.6 Å². The summed E-state index contributed by atoms with van der Waals surface area (Å²) in [4.78, 5) is 42.5. The van der Waals surface area contributed by atoms with Crippen LogP contribution in [0.25, 0.3) is 11.1 Å². The molecule has 2 aromatic carbocycles. The average molecular weight is 463 g/mol. The Labute approximate surface area is 198 Å². The maximum atomic E-state index is 13.2. The predicted octanol–water partition coefficient (Wildman–Crippen LogP) is 4.77. The first kappa shape index (κ1) is 23.1. The van der Waals surface area contributed by atoms with E-state index < -0.39 is 5.92 Å². The minimum atomic E-state index is -0.732. The van der Waals surface area contributed by atoms with Crippen LogP contribution in [0.5, 0.6) is 0 Å². The number of dihydropyridines is 1. The number of ketones is 2. The summed E-state index contributed by atoms with van der Waals surface area (Å²) < 4.78 is 0. The molecule has 1 heterocycles. The minimum absolute atomic E-state index is 0.0439. The highest BCUT2D eigenvalue weighted by Crippen LogP contribution is 2.38. The summed E-state index contributed by atoms with van der Waals surface area (Å²) in [6, 6.07) is 11.7. The summed E-state index contributed by atoms with van der Waals surface area (Å²) in [7, 11) is 0. The molecule has 4 rings (SSSR count). The van der Waals surface area contributed by atoms with Gasteiger partial charge in [-0.3, -0.25) is 19.4 Å². The first-order valence-corrected chi connectivity index (χ1v) is 11.7. The fraction of sp³-hybridized carbons (Fsp3) is 0.333. The van der Waals surface area contributed by atoms with E-state index in [1.165, 1.54) is 0 Å². The van der Waals surface area contributed by atoms with Gasteiger partial charge in [-0.2, -0.15) is 0 Å². The second-order valence-corrected chi connectivity index (χ2v) is 9.18. The van der Waals surface area contributed by atoms with Crippen molar-refractivity contribution in [2.24, 2.45) is 10.9 Å². The zero-order valence-electron chi connectivity index (χ0n) is 18.9. The van der Waals surface area contributed by atoms with Gasteiger partial charge in [-0.25, -0.2) is 0 Å². The Balaban J connectivity index is 1.46. The molecule has 2 aromatic rings. The first-order chi connectivity index (χ1) is 15.8. The number of hydrogen-bond acceptors (Lipinski definition) is 4. The van der Waals surface area contributed by atoms with Crippen LogP contribution >= 0.6 is 11.6 Å². The maximum absolute atomic E-state index is 13.2. The monoisotopic (exact) mass is 462 g/mol. The molecule has 0 aromatic heterocycles. The molecule has 1 N–H and O–H groups in total. The van der Waals surface area contributed by atoms with Crippen LogP contribution in [0.1, 0.15) is 41.9 Å². The molecule has 1 saturated carbocycles. The van der Waals surface area contributed by atoms with Gasteiger partial charge in [-0.05, 0) is 72.7 Å². The number of Topliss-reactive ketones (excluding diaryl/α,β-unsaturated/α-hetero) is 2. The van der Waals surface area contributed by atoms with Crippen LogP contribution in [0.4, 0.5) is 0 Å². The Morgan fingerprint density at radius 1 is 1.12 bits per heavy atom. The summed E-state index contributed by atoms with van der Waals surface area (Å²) in [5.41, 5.74) is 5.08. The Morgan fingerprint density at radius 2 is 1.88 bits per heavy atom. The van der Waals surface area contributed by atoms with Gasteiger partial charge in [0.25, 0.3) is 5.91 Å². The highest BCUT2D eigenvalue weighted by atomic mass is 35.5. The smallest absolute Gasteiger partial charge is 0.269 e. The largest absolute Gasteiger partial charge is 0.351 e. The molecule has 0 radical (unpaired) electrons. The Hall–Kier alpha value is -3.05. The van der Waals surface area contributed by atoms with Gasteiger partial charge >= 0.3 is 0 Å². The van der Waals surface area contributed by atoms with Gasteiger partial charge in [0.2, 0.25) is 0 Å². The maximum Gasteiger partial charge on any atom is 0.269 e. The van der Waals surface area contributed by atoms with Crippen LogP contribution < -0.4 is 5.32 Å². The van der Waals surface area contributed by atoms with E-state index in [0.29, 0.717) is 30.2 Å². The van der Waals surface area contributed by atoms with Crippen LogP contribution in [0.2, 0.25) is 5.02 Å². The van der Waals surface area contributed by atoms with Gasteiger partial charge in [-0.1, -0.05) is 41.9 Å². The normalized spacial score (nSPS) is 20.2. The van der Waals surface area contributed by atoms with Crippen molar-refractivity contribution < 1.29 is 14.4 Å². The molecule has 0 spiro atoms. The Kier molecular flexibility index (Phi) is 6.89. The van der Waals surface area contributed by atoms with Crippen molar-refractivity contribution in [2.45, 2.75) is 39.0 Å². The lowest BCUT2D eigenvalue weighted by atomic mass is 9.85. The lowest BCUT2D eigenvalue weighted by Gasteiger charge is -2.17. The number of rotatable bonds is 6. The van der Waals surface area contributed by atoms with Gasteiger partial charge in [0.15, 0.2) is 5.78 Å². The van der Waals surface area contributed by atoms with Crippen molar-refractivity contribution in [1.29, 1.82) is 0 Å². The number of benzene rings is 2. The van der Waals surface area contributed by atoms with E-state index in [-0.39, 0.29) is 29.8 Å². The number of amides is 1.